The highest BCUT2D eigenvalue weighted by molar-refractivity contribution is 7.19. The molecule has 0 aliphatic rings. The van der Waals surface area contributed by atoms with Crippen LogP contribution in [0.25, 0.3) is 10.4 Å². The second kappa shape index (κ2) is 7.76. The van der Waals surface area contributed by atoms with E-state index in [1.165, 1.54) is 11.3 Å². The van der Waals surface area contributed by atoms with Gasteiger partial charge < -0.3 is 15.5 Å². The van der Waals surface area contributed by atoms with Gasteiger partial charge in [0.05, 0.1) is 13.0 Å². The monoisotopic (exact) mass is 323 g/mol. The van der Waals surface area contributed by atoms with Crippen LogP contribution in [0, 0.1) is 0 Å². The molecule has 6 N–H and O–H groups in total. The lowest BCUT2D eigenvalue weighted by Gasteiger charge is -2.04. The lowest BCUT2D eigenvalue weighted by molar-refractivity contribution is -0.120. The summed E-state index contributed by atoms with van der Waals surface area (Å²) in [5, 5.41) is 21.3. The maximum absolute atomic E-state index is 11.8. The zero-order valence-electron chi connectivity index (χ0n) is 11.7. The number of nitrogens with one attached hydrogen (secondary N) is 2. The lowest BCUT2D eigenvalue weighted by Crippen LogP contribution is -2.27. The maximum atomic E-state index is 11.8. The Labute approximate surface area is 131 Å². The molecule has 1 aromatic carbocycles. The summed E-state index contributed by atoms with van der Waals surface area (Å²) in [5.41, 5.74) is 4.19. The summed E-state index contributed by atoms with van der Waals surface area (Å²) in [5.74, 6) is 5.02. The van der Waals surface area contributed by atoms with Crippen LogP contribution in [0.4, 0.5) is 5.00 Å². The number of amides is 1. The number of phenolic OH excluding ortho intramolecular Hbond substituents is 1. The lowest BCUT2D eigenvalue weighted by atomic mass is 10.1. The van der Waals surface area contributed by atoms with Crippen LogP contribution >= 0.6 is 11.3 Å². The molecule has 118 valence electrons. The summed E-state index contributed by atoms with van der Waals surface area (Å²) < 4.78 is 0. The van der Waals surface area contributed by atoms with Crippen LogP contribution in [0.5, 0.6) is 5.75 Å². The van der Waals surface area contributed by atoms with Gasteiger partial charge in [-0.1, -0.05) is 0 Å². The van der Waals surface area contributed by atoms with Crippen LogP contribution in [-0.2, 0) is 16.2 Å². The normalized spacial score (nSPS) is 10.5. The smallest absolute Gasteiger partial charge is 0.224 e. The van der Waals surface area contributed by atoms with Crippen molar-refractivity contribution >= 4 is 22.2 Å². The van der Waals surface area contributed by atoms with Gasteiger partial charge in [0, 0.05) is 11.4 Å². The number of aromatic hydroxyl groups is 1. The Morgan fingerprint density at radius 3 is 2.68 bits per heavy atom. The number of benzene rings is 1. The Hall–Kier alpha value is -2.13. The van der Waals surface area contributed by atoms with Crippen molar-refractivity contribution < 1.29 is 19.9 Å². The van der Waals surface area contributed by atoms with Crippen molar-refractivity contribution in [3.05, 3.63) is 35.9 Å². The van der Waals surface area contributed by atoms with E-state index >= 15 is 0 Å². The second-order valence-corrected chi connectivity index (χ2v) is 5.53. The van der Waals surface area contributed by atoms with Crippen LogP contribution < -0.4 is 16.7 Å². The van der Waals surface area contributed by atoms with Gasteiger partial charge in [0.15, 0.2) is 0 Å². The number of aliphatic hydroxyl groups is 1. The molecular weight excluding hydrogens is 306 g/mol. The molecule has 1 amide bonds. The first-order chi connectivity index (χ1) is 10.6. The van der Waals surface area contributed by atoms with Crippen molar-refractivity contribution in [2.75, 3.05) is 18.6 Å². The second-order valence-electron chi connectivity index (χ2n) is 4.48. The van der Waals surface area contributed by atoms with E-state index in [0.29, 0.717) is 5.00 Å². The molecule has 1 aromatic heterocycles. The Morgan fingerprint density at radius 2 is 2.05 bits per heavy atom. The molecule has 2 rings (SSSR count). The summed E-state index contributed by atoms with van der Waals surface area (Å²) in [6, 6.07) is 8.61. The average molecular weight is 323 g/mol. The third-order valence-electron chi connectivity index (χ3n) is 2.90. The molecule has 1 heterocycles. The Morgan fingerprint density at radius 1 is 1.32 bits per heavy atom. The average Bonchev–Trinajstić information content (AvgIpc) is 2.89. The molecule has 0 radical (unpaired) electrons. The summed E-state index contributed by atoms with van der Waals surface area (Å²) in [7, 11) is 0. The van der Waals surface area contributed by atoms with E-state index in [-0.39, 0.29) is 31.2 Å². The highest BCUT2D eigenvalue weighted by atomic mass is 32.1. The highest BCUT2D eigenvalue weighted by Gasteiger charge is 2.14. The number of anilines is 1. The summed E-state index contributed by atoms with van der Waals surface area (Å²) in [6.07, 6.45) is 0.139. The van der Waals surface area contributed by atoms with E-state index in [1.54, 1.807) is 24.3 Å². The van der Waals surface area contributed by atoms with Gasteiger partial charge >= 0.3 is 0 Å². The maximum Gasteiger partial charge on any atom is 0.224 e. The largest absolute Gasteiger partial charge is 0.508 e. The molecule has 8 heteroatoms. The van der Waals surface area contributed by atoms with Gasteiger partial charge in [-0.05, 0) is 41.5 Å². The van der Waals surface area contributed by atoms with Crippen LogP contribution in [-0.4, -0.2) is 29.3 Å². The number of rotatable bonds is 7. The third-order valence-corrected chi connectivity index (χ3v) is 4.02. The summed E-state index contributed by atoms with van der Waals surface area (Å²) in [6.45, 7) is 0.106. The molecule has 0 fully saturated rings. The van der Waals surface area contributed by atoms with E-state index in [0.717, 1.165) is 16.0 Å². The number of carbonyl (C=O) groups excluding carboxylic acids is 1. The zero-order chi connectivity index (χ0) is 15.9. The van der Waals surface area contributed by atoms with Gasteiger partial charge in [-0.25, -0.2) is 5.48 Å². The fourth-order valence-electron chi connectivity index (χ4n) is 1.90. The standard InChI is InChI=1S/C14H17N3O4S/c15-21-17-14-10(8-13(20)16-5-6-18)7-12(22-14)9-1-3-11(19)4-2-9/h1-4,7,17-19H,5-6,8,15H2,(H,16,20). The molecule has 0 bridgehead atoms. The van der Waals surface area contributed by atoms with Crippen molar-refractivity contribution in [1.82, 2.24) is 5.32 Å². The molecule has 0 aliphatic carbocycles. The fourth-order valence-corrected chi connectivity index (χ4v) is 2.93. The van der Waals surface area contributed by atoms with Crippen molar-refractivity contribution in [1.29, 1.82) is 0 Å². The highest BCUT2D eigenvalue weighted by Crippen LogP contribution is 2.36. The van der Waals surface area contributed by atoms with Gasteiger partial charge in [-0.15, -0.1) is 11.3 Å². The third kappa shape index (κ3) is 4.18. The predicted molar refractivity (Wildman–Crippen MR) is 84.1 cm³/mol. The summed E-state index contributed by atoms with van der Waals surface area (Å²) >= 11 is 1.38. The minimum atomic E-state index is -0.204. The van der Waals surface area contributed by atoms with Gasteiger partial charge in [0.2, 0.25) is 5.91 Å². The van der Waals surface area contributed by atoms with Gasteiger partial charge in [-0.3, -0.25) is 4.79 Å². The van der Waals surface area contributed by atoms with Crippen LogP contribution in [0.3, 0.4) is 0 Å². The molecule has 7 nitrogen and oxygen atoms in total. The van der Waals surface area contributed by atoms with Gasteiger partial charge in [0.1, 0.15) is 10.8 Å². The van der Waals surface area contributed by atoms with E-state index in [2.05, 4.69) is 15.7 Å². The number of aliphatic hydroxyl groups excluding tert-OH is 1. The molecule has 0 atom stereocenters. The van der Waals surface area contributed by atoms with Crippen molar-refractivity contribution in [2.24, 2.45) is 5.90 Å². The van der Waals surface area contributed by atoms with Crippen molar-refractivity contribution in [3.8, 4) is 16.2 Å². The molecule has 0 unspecified atom stereocenters. The Bertz CT molecular complexity index is 628. The topological polar surface area (TPSA) is 117 Å². The van der Waals surface area contributed by atoms with Crippen molar-refractivity contribution in [2.45, 2.75) is 6.42 Å². The Kier molecular flexibility index (Phi) is 5.73. The Balaban J connectivity index is 2.21. The zero-order valence-corrected chi connectivity index (χ0v) is 12.5. The van der Waals surface area contributed by atoms with Crippen LogP contribution in [0.15, 0.2) is 30.3 Å². The number of thiophene rings is 1. The fraction of sp³-hybridized carbons (Fsp3) is 0.214. The SMILES string of the molecule is NONc1sc(-c2ccc(O)cc2)cc1CC(=O)NCCO. The molecule has 0 saturated carbocycles. The quantitative estimate of drug-likeness (QED) is 0.485. The number of hydrogen-bond acceptors (Lipinski definition) is 7. The predicted octanol–water partition coefficient (Wildman–Crippen LogP) is 0.989. The molecule has 0 spiro atoms. The van der Waals surface area contributed by atoms with Gasteiger partial charge in [0.25, 0.3) is 0 Å². The van der Waals surface area contributed by atoms with E-state index in [4.69, 9.17) is 11.0 Å². The molecular formula is C14H17N3O4S. The molecule has 2 aromatic rings. The minimum Gasteiger partial charge on any atom is -0.508 e. The number of nitrogens with two attached hydrogens (primary N) is 1. The van der Waals surface area contributed by atoms with Gasteiger partial charge in [-0.2, -0.15) is 10.8 Å². The number of hydrogen-bond donors (Lipinski definition) is 5. The van der Waals surface area contributed by atoms with Crippen molar-refractivity contribution in [3.63, 3.8) is 0 Å². The first-order valence-electron chi connectivity index (χ1n) is 6.55. The minimum absolute atomic E-state index is 0.106. The summed E-state index contributed by atoms with van der Waals surface area (Å²) in [4.78, 5) is 17.1. The van der Waals surface area contributed by atoms with Crippen LogP contribution in [0.1, 0.15) is 5.56 Å². The molecule has 0 aliphatic heterocycles. The number of phenols is 1. The molecule has 0 saturated heterocycles. The van der Waals surface area contributed by atoms with E-state index < -0.39 is 0 Å². The first kappa shape index (κ1) is 16.2. The van der Waals surface area contributed by atoms with E-state index in [1.807, 2.05) is 6.07 Å². The number of carbonyl (C=O) groups is 1. The van der Waals surface area contributed by atoms with E-state index in [9.17, 15) is 9.90 Å². The molecule has 22 heavy (non-hydrogen) atoms. The first-order valence-corrected chi connectivity index (χ1v) is 7.37. The van der Waals surface area contributed by atoms with Crippen LogP contribution in [0.2, 0.25) is 0 Å².